The minimum atomic E-state index is -2.84. The maximum atomic E-state index is 12.4. The monoisotopic (exact) mass is 532 g/mol. The summed E-state index contributed by atoms with van der Waals surface area (Å²) in [6.07, 6.45) is 0. The molecule has 0 aromatic heterocycles. The Morgan fingerprint density at radius 1 is 1.13 bits per heavy atom. The number of anilines is 1. The first-order chi connectivity index (χ1) is 14.1. The van der Waals surface area contributed by atoms with E-state index in [-0.39, 0.29) is 35.5 Å². The second-order valence-corrected chi connectivity index (χ2v) is 6.66. The van der Waals surface area contributed by atoms with Crippen molar-refractivity contribution in [1.29, 1.82) is 0 Å². The molecule has 0 radical (unpaired) electrons. The van der Waals surface area contributed by atoms with Gasteiger partial charge in [0.25, 0.3) is 0 Å². The molecule has 0 spiro atoms. The fourth-order valence-electron chi connectivity index (χ4n) is 3.30. The molecule has 0 unspecified atom stereocenters. The smallest absolute Gasteiger partial charge is 0.387 e. The van der Waals surface area contributed by atoms with E-state index in [2.05, 4.69) is 24.8 Å². The first-order valence-electron chi connectivity index (χ1n) is 9.66. The number of nitrogens with zero attached hydrogens (tertiary/aromatic N) is 3. The van der Waals surface area contributed by atoms with Crippen LogP contribution in [0.4, 0.5) is 14.5 Å². The van der Waals surface area contributed by atoms with E-state index < -0.39 is 6.61 Å². The molecule has 1 saturated heterocycles. The van der Waals surface area contributed by atoms with Crippen molar-refractivity contribution in [3.05, 3.63) is 54.1 Å². The first kappa shape index (κ1) is 24.0. The summed E-state index contributed by atoms with van der Waals surface area (Å²) in [7, 11) is 0. The van der Waals surface area contributed by atoms with Crippen molar-refractivity contribution in [3.8, 4) is 11.5 Å². The molecule has 6 nitrogen and oxygen atoms in total. The average molecular weight is 532 g/mol. The number of phenolic OH excluding ortho intramolecular Hbond substituents is 1. The number of aromatic hydroxyl groups is 1. The molecule has 1 aliphatic rings. The highest BCUT2D eigenvalue weighted by molar-refractivity contribution is 14.0. The molecule has 3 rings (SSSR count). The number of benzene rings is 2. The van der Waals surface area contributed by atoms with Gasteiger partial charge in [-0.25, -0.2) is 4.99 Å². The van der Waals surface area contributed by atoms with Gasteiger partial charge in [0.1, 0.15) is 11.5 Å². The Morgan fingerprint density at radius 3 is 2.53 bits per heavy atom. The lowest BCUT2D eigenvalue weighted by Gasteiger charge is -2.37. The summed E-state index contributed by atoms with van der Waals surface area (Å²) >= 11 is 0. The van der Waals surface area contributed by atoms with Gasteiger partial charge in [-0.3, -0.25) is 0 Å². The van der Waals surface area contributed by atoms with Crippen LogP contribution in [0.1, 0.15) is 12.5 Å². The van der Waals surface area contributed by atoms with Crippen LogP contribution in [0.2, 0.25) is 0 Å². The average Bonchev–Trinajstić information content (AvgIpc) is 2.71. The Balaban J connectivity index is 0.00000320. The summed E-state index contributed by atoms with van der Waals surface area (Å²) < 4.78 is 29.3. The van der Waals surface area contributed by atoms with Crippen molar-refractivity contribution >= 4 is 35.6 Å². The zero-order chi connectivity index (χ0) is 20.6. The molecular formula is C21H27F2IN4O2. The van der Waals surface area contributed by atoms with E-state index in [1.165, 1.54) is 6.07 Å². The van der Waals surface area contributed by atoms with Crippen molar-refractivity contribution in [2.75, 3.05) is 37.6 Å². The van der Waals surface area contributed by atoms with Crippen LogP contribution in [0.15, 0.2) is 53.5 Å². The van der Waals surface area contributed by atoms with Crippen molar-refractivity contribution in [1.82, 2.24) is 10.2 Å². The second-order valence-electron chi connectivity index (χ2n) is 6.66. The lowest BCUT2D eigenvalue weighted by Crippen LogP contribution is -2.52. The van der Waals surface area contributed by atoms with Crippen molar-refractivity contribution in [3.63, 3.8) is 0 Å². The largest absolute Gasteiger partial charge is 0.506 e. The summed E-state index contributed by atoms with van der Waals surface area (Å²) in [5.74, 6) is 1.20. The van der Waals surface area contributed by atoms with Gasteiger partial charge in [-0.2, -0.15) is 8.78 Å². The highest BCUT2D eigenvalue weighted by atomic mass is 127. The standard InChI is InChI=1S/C21H26F2N4O2.HI/c1-2-24-21(25-15-16-6-5-7-17(14-16)29-20(22)23)27-12-10-26(11-13-27)18-8-3-4-9-19(18)28;/h3-9,14,20,28H,2,10-13,15H2,1H3,(H,24,25);1H. The third-order valence-corrected chi connectivity index (χ3v) is 4.67. The highest BCUT2D eigenvalue weighted by Crippen LogP contribution is 2.27. The molecule has 1 aliphatic heterocycles. The SMILES string of the molecule is CCNC(=NCc1cccc(OC(F)F)c1)N1CCN(c2ccccc2O)CC1.I. The zero-order valence-corrected chi connectivity index (χ0v) is 19.1. The van der Waals surface area contributed by atoms with Crippen LogP contribution in [0.25, 0.3) is 0 Å². The molecule has 0 aliphatic carbocycles. The number of hydrogen-bond donors (Lipinski definition) is 2. The molecule has 1 heterocycles. The summed E-state index contributed by atoms with van der Waals surface area (Å²) in [4.78, 5) is 8.98. The highest BCUT2D eigenvalue weighted by Gasteiger charge is 2.21. The van der Waals surface area contributed by atoms with E-state index >= 15 is 0 Å². The number of halogens is 3. The van der Waals surface area contributed by atoms with Gasteiger partial charge in [-0.1, -0.05) is 24.3 Å². The summed E-state index contributed by atoms with van der Waals surface area (Å²) in [6.45, 7) is 3.30. The molecule has 9 heteroatoms. The number of hydrogen-bond acceptors (Lipinski definition) is 4. The van der Waals surface area contributed by atoms with Gasteiger partial charge in [-0.15, -0.1) is 24.0 Å². The Morgan fingerprint density at radius 2 is 1.87 bits per heavy atom. The van der Waals surface area contributed by atoms with Crippen LogP contribution in [0.5, 0.6) is 11.5 Å². The molecule has 2 N–H and O–H groups in total. The molecule has 0 bridgehead atoms. The number of aliphatic imine (C=N–C) groups is 1. The van der Waals surface area contributed by atoms with Crippen LogP contribution in [-0.4, -0.2) is 55.3 Å². The van der Waals surface area contributed by atoms with Gasteiger partial charge < -0.3 is 25.0 Å². The molecule has 0 atom stereocenters. The van der Waals surface area contributed by atoms with Crippen molar-refractivity contribution < 1.29 is 18.6 Å². The summed E-state index contributed by atoms with van der Waals surface area (Å²) in [5.41, 5.74) is 1.64. The van der Waals surface area contributed by atoms with E-state index in [0.29, 0.717) is 6.54 Å². The van der Waals surface area contributed by atoms with E-state index in [1.54, 1.807) is 18.2 Å². The fourth-order valence-corrected chi connectivity index (χ4v) is 3.30. The number of piperazine rings is 1. The Bertz CT molecular complexity index is 830. The van der Waals surface area contributed by atoms with Crippen LogP contribution in [-0.2, 0) is 6.54 Å². The van der Waals surface area contributed by atoms with Gasteiger partial charge >= 0.3 is 6.61 Å². The van der Waals surface area contributed by atoms with Gasteiger partial charge in [0.15, 0.2) is 5.96 Å². The van der Waals surface area contributed by atoms with Crippen LogP contribution < -0.4 is 15.0 Å². The lowest BCUT2D eigenvalue weighted by atomic mass is 10.2. The summed E-state index contributed by atoms with van der Waals surface area (Å²) in [6, 6.07) is 13.9. The van der Waals surface area contributed by atoms with E-state index in [0.717, 1.165) is 49.9 Å². The normalized spacial score (nSPS) is 14.5. The minimum absolute atomic E-state index is 0. The molecule has 2 aromatic carbocycles. The quantitative estimate of drug-likeness (QED) is 0.336. The van der Waals surface area contributed by atoms with Crippen LogP contribution >= 0.6 is 24.0 Å². The van der Waals surface area contributed by atoms with Crippen molar-refractivity contribution in [2.24, 2.45) is 4.99 Å². The second kappa shape index (κ2) is 11.8. The molecule has 2 aromatic rings. The molecule has 0 saturated carbocycles. The molecule has 1 fully saturated rings. The topological polar surface area (TPSA) is 60.3 Å². The molecule has 164 valence electrons. The fraction of sp³-hybridized carbons (Fsp3) is 0.381. The Labute approximate surface area is 192 Å². The lowest BCUT2D eigenvalue weighted by molar-refractivity contribution is -0.0498. The Hall–Kier alpha value is -2.30. The van der Waals surface area contributed by atoms with Gasteiger partial charge in [0, 0.05) is 32.7 Å². The number of ether oxygens (including phenoxy) is 1. The van der Waals surface area contributed by atoms with E-state index in [9.17, 15) is 13.9 Å². The number of rotatable bonds is 6. The maximum absolute atomic E-state index is 12.4. The third-order valence-electron chi connectivity index (χ3n) is 4.67. The number of para-hydroxylation sites is 2. The van der Waals surface area contributed by atoms with Gasteiger partial charge in [-0.05, 0) is 36.8 Å². The molecular weight excluding hydrogens is 505 g/mol. The van der Waals surface area contributed by atoms with E-state index in [4.69, 9.17) is 0 Å². The molecule has 0 amide bonds. The number of alkyl halides is 2. The van der Waals surface area contributed by atoms with Crippen LogP contribution in [0.3, 0.4) is 0 Å². The molecule has 30 heavy (non-hydrogen) atoms. The minimum Gasteiger partial charge on any atom is -0.506 e. The van der Waals surface area contributed by atoms with E-state index in [1.807, 2.05) is 31.2 Å². The maximum Gasteiger partial charge on any atom is 0.387 e. The first-order valence-corrected chi connectivity index (χ1v) is 9.66. The zero-order valence-electron chi connectivity index (χ0n) is 16.8. The summed E-state index contributed by atoms with van der Waals surface area (Å²) in [5, 5.41) is 13.4. The van der Waals surface area contributed by atoms with Crippen LogP contribution in [0, 0.1) is 0 Å². The number of phenols is 1. The number of nitrogens with one attached hydrogen (secondary N) is 1. The van der Waals surface area contributed by atoms with Gasteiger partial charge in [0.2, 0.25) is 0 Å². The van der Waals surface area contributed by atoms with Gasteiger partial charge in [0.05, 0.1) is 12.2 Å². The predicted molar refractivity (Wildman–Crippen MR) is 125 cm³/mol. The Kier molecular flexibility index (Phi) is 9.41. The number of guanidine groups is 1. The predicted octanol–water partition coefficient (Wildman–Crippen LogP) is 3.90. The third kappa shape index (κ3) is 6.61. The van der Waals surface area contributed by atoms with Crippen molar-refractivity contribution in [2.45, 2.75) is 20.1 Å².